The fraction of sp³-hybridized carbons (Fsp3) is 0.459. The summed E-state index contributed by atoms with van der Waals surface area (Å²) in [6.07, 6.45) is 9.64. The molecule has 220 valence electrons. The molecule has 0 amide bonds. The first kappa shape index (κ1) is 30.6. The van der Waals surface area contributed by atoms with Crippen LogP contribution < -0.4 is 19.3 Å². The Labute approximate surface area is 249 Å². The van der Waals surface area contributed by atoms with Crippen LogP contribution in [0.25, 0.3) is 0 Å². The summed E-state index contributed by atoms with van der Waals surface area (Å²) < 4.78 is 12.1. The van der Waals surface area contributed by atoms with E-state index in [1.54, 1.807) is 0 Å². The van der Waals surface area contributed by atoms with Crippen molar-refractivity contribution >= 4 is 22.7 Å². The van der Waals surface area contributed by atoms with Gasteiger partial charge < -0.3 is 19.3 Å². The molecule has 0 radical (unpaired) electrons. The van der Waals surface area contributed by atoms with E-state index in [2.05, 4.69) is 118 Å². The number of nitrogens with zero attached hydrogens (tertiary/aromatic N) is 2. The average Bonchev–Trinajstić information content (AvgIpc) is 3.18. The maximum atomic E-state index is 6.05. The highest BCUT2D eigenvalue weighted by atomic mass is 16.5. The Morgan fingerprint density at radius 1 is 0.659 bits per heavy atom. The zero-order valence-electron chi connectivity index (χ0n) is 26.0. The number of hydrogen-bond donors (Lipinski definition) is 0. The minimum atomic E-state index is -0.127. The molecule has 0 aromatic heterocycles. The van der Waals surface area contributed by atoms with Crippen molar-refractivity contribution in [2.75, 3.05) is 29.6 Å². The lowest BCUT2D eigenvalue weighted by atomic mass is 9.84. The van der Waals surface area contributed by atoms with Gasteiger partial charge in [-0.05, 0) is 92.1 Å². The molecule has 0 saturated heterocycles. The molecular formula is C37H50N2O2. The van der Waals surface area contributed by atoms with Crippen LogP contribution in [-0.2, 0) is 5.41 Å². The van der Waals surface area contributed by atoms with Gasteiger partial charge in [-0.25, -0.2) is 0 Å². The van der Waals surface area contributed by atoms with Gasteiger partial charge in [0.05, 0.1) is 13.2 Å². The van der Waals surface area contributed by atoms with E-state index in [4.69, 9.17) is 9.47 Å². The van der Waals surface area contributed by atoms with Gasteiger partial charge in [0.15, 0.2) is 0 Å². The van der Waals surface area contributed by atoms with E-state index in [1.165, 1.54) is 49.8 Å². The van der Waals surface area contributed by atoms with Gasteiger partial charge >= 0.3 is 0 Å². The lowest BCUT2D eigenvalue weighted by molar-refractivity contribution is 0.305. The third-order valence-corrected chi connectivity index (χ3v) is 8.29. The van der Waals surface area contributed by atoms with Crippen molar-refractivity contribution in [3.05, 3.63) is 84.6 Å². The van der Waals surface area contributed by atoms with Gasteiger partial charge in [-0.3, -0.25) is 0 Å². The number of fused-ring (bicyclic) bond motifs is 1. The zero-order chi connectivity index (χ0) is 29.2. The van der Waals surface area contributed by atoms with Crippen LogP contribution in [0.5, 0.6) is 11.5 Å². The highest BCUT2D eigenvalue weighted by Crippen LogP contribution is 2.49. The van der Waals surface area contributed by atoms with Gasteiger partial charge in [0.1, 0.15) is 11.5 Å². The summed E-state index contributed by atoms with van der Waals surface area (Å²) >= 11 is 0. The van der Waals surface area contributed by atoms with E-state index in [9.17, 15) is 0 Å². The molecule has 3 aromatic rings. The quantitative estimate of drug-likeness (QED) is 0.164. The summed E-state index contributed by atoms with van der Waals surface area (Å²) in [5.74, 6) is 1.84. The Kier molecular flexibility index (Phi) is 10.8. The predicted octanol–water partition coefficient (Wildman–Crippen LogP) is 10.7. The van der Waals surface area contributed by atoms with E-state index in [1.807, 2.05) is 0 Å². The van der Waals surface area contributed by atoms with Crippen LogP contribution in [0.4, 0.5) is 22.7 Å². The Hall–Kier alpha value is -3.40. The number of benzene rings is 3. The molecule has 1 heterocycles. The lowest BCUT2D eigenvalue weighted by Crippen LogP contribution is -2.24. The number of anilines is 4. The summed E-state index contributed by atoms with van der Waals surface area (Å²) in [5, 5.41) is 0. The largest absolute Gasteiger partial charge is 0.494 e. The predicted molar refractivity (Wildman–Crippen MR) is 176 cm³/mol. The molecule has 4 nitrogen and oxygen atoms in total. The van der Waals surface area contributed by atoms with E-state index >= 15 is 0 Å². The van der Waals surface area contributed by atoms with Crippen LogP contribution in [-0.4, -0.2) is 19.8 Å². The van der Waals surface area contributed by atoms with Crippen LogP contribution in [0.15, 0.2) is 79.0 Å². The van der Waals surface area contributed by atoms with Crippen molar-refractivity contribution in [2.45, 2.75) is 91.4 Å². The van der Waals surface area contributed by atoms with Crippen molar-refractivity contribution in [3.8, 4) is 11.5 Å². The number of rotatable bonds is 16. The molecule has 4 rings (SSSR count). The summed E-state index contributed by atoms with van der Waals surface area (Å²) in [5.41, 5.74) is 6.91. The first-order valence-electron chi connectivity index (χ1n) is 15.8. The molecule has 0 bridgehead atoms. The first-order valence-corrected chi connectivity index (χ1v) is 15.8. The summed E-state index contributed by atoms with van der Waals surface area (Å²) in [7, 11) is 0. The van der Waals surface area contributed by atoms with Crippen LogP contribution in [0.1, 0.15) is 91.5 Å². The number of hydrogen-bond acceptors (Lipinski definition) is 4. The van der Waals surface area contributed by atoms with Gasteiger partial charge in [0.2, 0.25) is 0 Å². The van der Waals surface area contributed by atoms with Crippen molar-refractivity contribution in [1.29, 1.82) is 0 Å². The number of allylic oxidation sites excluding steroid dienone is 1. The Bertz CT molecular complexity index is 1190. The van der Waals surface area contributed by atoms with Crippen molar-refractivity contribution < 1.29 is 9.47 Å². The SMILES string of the molecule is C=C1N(CC)c2ccc(N(c3ccc(OCCCCCC)cc3)c3ccc(OCCCCCC)cc3)cc2C1(C)C. The summed E-state index contributed by atoms with van der Waals surface area (Å²) in [4.78, 5) is 4.66. The molecule has 41 heavy (non-hydrogen) atoms. The molecule has 0 saturated carbocycles. The Morgan fingerprint density at radius 3 is 1.61 bits per heavy atom. The van der Waals surface area contributed by atoms with Crippen LogP contribution in [0.3, 0.4) is 0 Å². The highest BCUT2D eigenvalue weighted by molar-refractivity contribution is 5.81. The molecule has 0 N–H and O–H groups in total. The minimum absolute atomic E-state index is 0.127. The summed E-state index contributed by atoms with van der Waals surface area (Å²) in [6.45, 7) is 18.1. The first-order chi connectivity index (χ1) is 19.9. The molecule has 0 atom stereocenters. The number of ether oxygens (including phenoxy) is 2. The maximum absolute atomic E-state index is 6.05. The third-order valence-electron chi connectivity index (χ3n) is 8.29. The van der Waals surface area contributed by atoms with Crippen LogP contribution >= 0.6 is 0 Å². The third kappa shape index (κ3) is 7.28. The second-order valence-electron chi connectivity index (χ2n) is 11.7. The van der Waals surface area contributed by atoms with E-state index in [-0.39, 0.29) is 5.41 Å². The Balaban J connectivity index is 1.61. The van der Waals surface area contributed by atoms with Gasteiger partial charge in [-0.1, -0.05) is 72.8 Å². The monoisotopic (exact) mass is 554 g/mol. The van der Waals surface area contributed by atoms with E-state index in [0.717, 1.165) is 66.9 Å². The molecular weight excluding hydrogens is 504 g/mol. The molecule has 0 spiro atoms. The van der Waals surface area contributed by atoms with Crippen LogP contribution in [0.2, 0.25) is 0 Å². The lowest BCUT2D eigenvalue weighted by Gasteiger charge is -2.27. The van der Waals surface area contributed by atoms with Crippen molar-refractivity contribution in [2.24, 2.45) is 0 Å². The molecule has 0 fully saturated rings. The molecule has 3 aromatic carbocycles. The minimum Gasteiger partial charge on any atom is -0.494 e. The van der Waals surface area contributed by atoms with Crippen molar-refractivity contribution in [1.82, 2.24) is 0 Å². The maximum Gasteiger partial charge on any atom is 0.119 e. The van der Waals surface area contributed by atoms with E-state index < -0.39 is 0 Å². The fourth-order valence-electron chi connectivity index (χ4n) is 5.67. The molecule has 1 aliphatic heterocycles. The smallest absolute Gasteiger partial charge is 0.119 e. The number of likely N-dealkylation sites (N-methyl/N-ethyl adjacent to an activating group) is 1. The van der Waals surface area contributed by atoms with E-state index in [0.29, 0.717) is 0 Å². The second kappa shape index (κ2) is 14.5. The Morgan fingerprint density at radius 2 is 1.15 bits per heavy atom. The van der Waals surface area contributed by atoms with Gasteiger partial charge in [0.25, 0.3) is 0 Å². The standard InChI is InChI=1S/C37H50N2O2/c1-7-10-12-14-26-40-33-21-16-30(17-22-33)39(31-18-23-34(24-19-31)41-27-15-13-11-8-2)32-20-25-36-35(28-32)37(5,6)29(4)38(36)9-3/h16-25,28H,4,7-15,26-27H2,1-3,5-6H3. The molecule has 1 aliphatic rings. The van der Waals surface area contributed by atoms with Gasteiger partial charge in [0, 0.05) is 40.4 Å². The fourth-order valence-corrected chi connectivity index (χ4v) is 5.67. The summed E-state index contributed by atoms with van der Waals surface area (Å²) in [6, 6.07) is 23.8. The molecule has 0 aliphatic carbocycles. The van der Waals surface area contributed by atoms with Crippen LogP contribution in [0, 0.1) is 0 Å². The highest BCUT2D eigenvalue weighted by Gasteiger charge is 2.38. The topological polar surface area (TPSA) is 24.9 Å². The second-order valence-corrected chi connectivity index (χ2v) is 11.7. The normalized spacial score (nSPS) is 13.8. The number of unbranched alkanes of at least 4 members (excludes halogenated alkanes) is 6. The molecule has 4 heteroatoms. The molecule has 0 unspecified atom stereocenters. The average molecular weight is 555 g/mol. The van der Waals surface area contributed by atoms with Gasteiger partial charge in [-0.15, -0.1) is 0 Å². The van der Waals surface area contributed by atoms with Crippen molar-refractivity contribution in [3.63, 3.8) is 0 Å². The van der Waals surface area contributed by atoms with Gasteiger partial charge in [-0.2, -0.15) is 0 Å². The zero-order valence-corrected chi connectivity index (χ0v) is 26.0.